The topological polar surface area (TPSA) is 38.6 Å². The first-order chi connectivity index (χ1) is 9.78. The Morgan fingerprint density at radius 3 is 2.95 bits per heavy atom. The Balaban J connectivity index is 1.86. The van der Waals surface area contributed by atoms with Crippen molar-refractivity contribution < 1.29 is 4.74 Å². The quantitative estimate of drug-likeness (QED) is 0.930. The minimum Gasteiger partial charge on any atom is -0.474 e. The molecule has 1 atom stereocenters. The SMILES string of the molecule is CC[C@H](C)c1ccc2ncc(OC3CCNCC3)n2c1. The number of piperidine rings is 1. The van der Waals surface area contributed by atoms with E-state index in [4.69, 9.17) is 4.74 Å². The van der Waals surface area contributed by atoms with Gasteiger partial charge in [0.05, 0.1) is 6.20 Å². The molecule has 0 aliphatic carbocycles. The molecule has 4 heteroatoms. The van der Waals surface area contributed by atoms with Crippen LogP contribution in [0.2, 0.25) is 0 Å². The highest BCUT2D eigenvalue weighted by atomic mass is 16.5. The van der Waals surface area contributed by atoms with Crippen molar-refractivity contribution in [2.24, 2.45) is 0 Å². The van der Waals surface area contributed by atoms with Gasteiger partial charge < -0.3 is 10.1 Å². The molecule has 2 aromatic rings. The van der Waals surface area contributed by atoms with Crippen LogP contribution in [0.15, 0.2) is 24.5 Å². The van der Waals surface area contributed by atoms with Gasteiger partial charge in [-0.15, -0.1) is 0 Å². The summed E-state index contributed by atoms with van der Waals surface area (Å²) in [6.07, 6.45) is 7.61. The number of nitrogens with zero attached hydrogens (tertiary/aromatic N) is 2. The summed E-state index contributed by atoms with van der Waals surface area (Å²) in [7, 11) is 0. The maximum absolute atomic E-state index is 6.14. The Hall–Kier alpha value is -1.55. The standard InChI is InChI=1S/C16H23N3O/c1-3-12(2)13-4-5-15-18-10-16(19(15)11-13)20-14-6-8-17-9-7-14/h4-5,10-12,14,17H,3,6-9H2,1-2H3/t12-/m0/s1. The summed E-state index contributed by atoms with van der Waals surface area (Å²) >= 11 is 0. The molecule has 2 aromatic heterocycles. The summed E-state index contributed by atoms with van der Waals surface area (Å²) in [6.45, 7) is 6.56. The average molecular weight is 273 g/mol. The Bertz CT molecular complexity index is 572. The molecule has 0 radical (unpaired) electrons. The zero-order valence-electron chi connectivity index (χ0n) is 12.3. The number of nitrogens with one attached hydrogen (secondary N) is 1. The molecule has 20 heavy (non-hydrogen) atoms. The fraction of sp³-hybridized carbons (Fsp3) is 0.562. The van der Waals surface area contributed by atoms with Gasteiger partial charge in [-0.25, -0.2) is 4.98 Å². The maximum Gasteiger partial charge on any atom is 0.218 e. The van der Waals surface area contributed by atoms with Crippen molar-refractivity contribution in [1.29, 1.82) is 0 Å². The molecule has 0 aromatic carbocycles. The molecule has 1 fully saturated rings. The van der Waals surface area contributed by atoms with E-state index in [1.165, 1.54) is 5.56 Å². The number of fused-ring (bicyclic) bond motifs is 1. The van der Waals surface area contributed by atoms with E-state index in [-0.39, 0.29) is 0 Å². The highest BCUT2D eigenvalue weighted by molar-refractivity contribution is 5.44. The van der Waals surface area contributed by atoms with Crippen molar-refractivity contribution in [2.45, 2.75) is 45.1 Å². The number of hydrogen-bond acceptors (Lipinski definition) is 3. The van der Waals surface area contributed by atoms with Gasteiger partial charge in [0.1, 0.15) is 11.8 Å². The molecule has 1 aliphatic heterocycles. The fourth-order valence-electron chi connectivity index (χ4n) is 2.67. The second-order valence-electron chi connectivity index (χ2n) is 5.66. The van der Waals surface area contributed by atoms with Crippen LogP contribution in [0.3, 0.4) is 0 Å². The number of rotatable bonds is 4. The largest absolute Gasteiger partial charge is 0.474 e. The van der Waals surface area contributed by atoms with Crippen LogP contribution in [0.4, 0.5) is 0 Å². The van der Waals surface area contributed by atoms with Crippen LogP contribution in [0, 0.1) is 0 Å². The lowest BCUT2D eigenvalue weighted by Gasteiger charge is -2.23. The first kappa shape index (κ1) is 13.4. The molecule has 0 amide bonds. The van der Waals surface area contributed by atoms with Crippen molar-refractivity contribution in [3.63, 3.8) is 0 Å². The molecule has 108 valence electrons. The van der Waals surface area contributed by atoms with Crippen LogP contribution in [0.5, 0.6) is 5.88 Å². The smallest absolute Gasteiger partial charge is 0.218 e. The lowest BCUT2D eigenvalue weighted by atomic mass is 10.0. The van der Waals surface area contributed by atoms with Crippen LogP contribution in [0.25, 0.3) is 5.65 Å². The Morgan fingerprint density at radius 2 is 2.20 bits per heavy atom. The molecule has 0 unspecified atom stereocenters. The van der Waals surface area contributed by atoms with Crippen molar-refractivity contribution in [3.8, 4) is 5.88 Å². The van der Waals surface area contributed by atoms with Gasteiger partial charge in [-0.2, -0.15) is 0 Å². The van der Waals surface area contributed by atoms with Gasteiger partial charge in [0.15, 0.2) is 0 Å². The maximum atomic E-state index is 6.14. The second-order valence-corrected chi connectivity index (χ2v) is 5.66. The highest BCUT2D eigenvalue weighted by Crippen LogP contribution is 2.23. The van der Waals surface area contributed by atoms with E-state index in [0.29, 0.717) is 12.0 Å². The zero-order chi connectivity index (χ0) is 13.9. The Labute approximate surface area is 120 Å². The second kappa shape index (κ2) is 5.83. The normalized spacial score (nSPS) is 18.3. The van der Waals surface area contributed by atoms with Crippen LogP contribution in [-0.2, 0) is 0 Å². The van der Waals surface area contributed by atoms with E-state index in [9.17, 15) is 0 Å². The lowest BCUT2D eigenvalue weighted by Crippen LogP contribution is -2.34. The van der Waals surface area contributed by atoms with E-state index in [2.05, 4.69) is 46.9 Å². The van der Waals surface area contributed by atoms with Crippen LogP contribution < -0.4 is 10.1 Å². The van der Waals surface area contributed by atoms with Gasteiger partial charge in [0.2, 0.25) is 5.88 Å². The molecular formula is C16H23N3O. The summed E-state index contributed by atoms with van der Waals surface area (Å²) in [4.78, 5) is 4.43. The van der Waals surface area contributed by atoms with Crippen LogP contribution >= 0.6 is 0 Å². The summed E-state index contributed by atoms with van der Waals surface area (Å²) in [5.74, 6) is 1.44. The van der Waals surface area contributed by atoms with Crippen molar-refractivity contribution in [1.82, 2.24) is 14.7 Å². The first-order valence-corrected chi connectivity index (χ1v) is 7.62. The Morgan fingerprint density at radius 1 is 1.40 bits per heavy atom. The molecule has 1 saturated heterocycles. The monoisotopic (exact) mass is 273 g/mol. The summed E-state index contributed by atoms with van der Waals surface area (Å²) < 4.78 is 8.22. The van der Waals surface area contributed by atoms with Crippen molar-refractivity contribution in [3.05, 3.63) is 30.1 Å². The summed E-state index contributed by atoms with van der Waals surface area (Å²) in [6, 6.07) is 4.25. The fourth-order valence-corrected chi connectivity index (χ4v) is 2.67. The van der Waals surface area contributed by atoms with E-state index < -0.39 is 0 Å². The van der Waals surface area contributed by atoms with Gasteiger partial charge in [-0.1, -0.05) is 19.9 Å². The van der Waals surface area contributed by atoms with Crippen molar-refractivity contribution in [2.75, 3.05) is 13.1 Å². The number of ether oxygens (including phenoxy) is 1. The highest BCUT2D eigenvalue weighted by Gasteiger charge is 2.16. The predicted octanol–water partition coefficient (Wildman–Crippen LogP) is 2.98. The van der Waals surface area contributed by atoms with Crippen LogP contribution in [0.1, 0.15) is 44.6 Å². The molecular weight excluding hydrogens is 250 g/mol. The van der Waals surface area contributed by atoms with Crippen molar-refractivity contribution >= 4 is 5.65 Å². The van der Waals surface area contributed by atoms with E-state index in [1.807, 2.05) is 6.20 Å². The van der Waals surface area contributed by atoms with Crippen LogP contribution in [-0.4, -0.2) is 28.6 Å². The molecule has 1 aliphatic rings. The number of imidazole rings is 1. The molecule has 1 N–H and O–H groups in total. The van der Waals surface area contributed by atoms with Gasteiger partial charge in [0.25, 0.3) is 0 Å². The van der Waals surface area contributed by atoms with E-state index >= 15 is 0 Å². The molecule has 0 spiro atoms. The summed E-state index contributed by atoms with van der Waals surface area (Å²) in [5, 5.41) is 3.36. The molecule has 3 heterocycles. The van der Waals surface area contributed by atoms with E-state index in [1.54, 1.807) is 0 Å². The Kier molecular flexibility index (Phi) is 3.92. The predicted molar refractivity (Wildman–Crippen MR) is 80.4 cm³/mol. The van der Waals surface area contributed by atoms with Gasteiger partial charge in [0, 0.05) is 6.20 Å². The first-order valence-electron chi connectivity index (χ1n) is 7.62. The molecule has 3 rings (SSSR count). The molecule has 0 saturated carbocycles. The number of aromatic nitrogens is 2. The van der Waals surface area contributed by atoms with Gasteiger partial charge in [-0.3, -0.25) is 4.40 Å². The number of hydrogen-bond donors (Lipinski definition) is 1. The lowest BCUT2D eigenvalue weighted by molar-refractivity contribution is 0.154. The average Bonchev–Trinajstić information content (AvgIpc) is 2.90. The van der Waals surface area contributed by atoms with Gasteiger partial charge in [-0.05, 0) is 49.9 Å². The third-order valence-corrected chi connectivity index (χ3v) is 4.25. The summed E-state index contributed by atoms with van der Waals surface area (Å²) in [5.41, 5.74) is 2.30. The molecule has 4 nitrogen and oxygen atoms in total. The van der Waals surface area contributed by atoms with E-state index in [0.717, 1.165) is 43.9 Å². The molecule has 0 bridgehead atoms. The minimum atomic E-state index is 0.309. The minimum absolute atomic E-state index is 0.309. The van der Waals surface area contributed by atoms with Gasteiger partial charge >= 0.3 is 0 Å². The third kappa shape index (κ3) is 2.66. The third-order valence-electron chi connectivity index (χ3n) is 4.25. The zero-order valence-corrected chi connectivity index (χ0v) is 12.3. The number of pyridine rings is 1.